The Hall–Kier alpha value is -0.380. The van der Waals surface area contributed by atoms with Crippen molar-refractivity contribution in [2.24, 2.45) is 11.8 Å². The quantitative estimate of drug-likeness (QED) is 0.709. The smallest absolute Gasteiger partial charge is 0.345 e. The van der Waals surface area contributed by atoms with Crippen LogP contribution in [0.1, 0.15) is 34.6 Å². The number of carboxylic acids is 1. The molecule has 6 heteroatoms. The Labute approximate surface area is 96.4 Å². The van der Waals surface area contributed by atoms with Crippen LogP contribution in [-0.4, -0.2) is 27.7 Å². The molecule has 0 spiro atoms. The molecule has 96 valence electrons. The molecular weight excluding hydrogens is 231 g/mol. The summed E-state index contributed by atoms with van der Waals surface area (Å²) in [5.74, 6) is -2.27. The van der Waals surface area contributed by atoms with E-state index in [2.05, 4.69) is 0 Å². The van der Waals surface area contributed by atoms with Gasteiger partial charge in [-0.3, -0.25) is 9.36 Å². The van der Waals surface area contributed by atoms with Gasteiger partial charge in [0.05, 0.1) is 6.61 Å². The second-order valence-electron chi connectivity index (χ2n) is 4.38. The molecule has 1 unspecified atom stereocenters. The van der Waals surface area contributed by atoms with Crippen molar-refractivity contribution in [1.29, 1.82) is 0 Å². The molecule has 0 saturated carbocycles. The lowest BCUT2D eigenvalue weighted by Crippen LogP contribution is -2.48. The van der Waals surface area contributed by atoms with Crippen LogP contribution in [0.25, 0.3) is 0 Å². The van der Waals surface area contributed by atoms with Crippen molar-refractivity contribution in [3.05, 3.63) is 0 Å². The van der Waals surface area contributed by atoms with Gasteiger partial charge in [0.15, 0.2) is 5.16 Å². The summed E-state index contributed by atoms with van der Waals surface area (Å²) in [5.41, 5.74) is 0. The summed E-state index contributed by atoms with van der Waals surface area (Å²) in [7, 11) is -4.20. The molecular formula is C10H21O5P. The lowest BCUT2D eigenvalue weighted by atomic mass is 9.84. The van der Waals surface area contributed by atoms with Gasteiger partial charge in [0.1, 0.15) is 0 Å². The minimum absolute atomic E-state index is 0.0161. The first-order valence-corrected chi connectivity index (χ1v) is 6.93. The molecule has 1 atom stereocenters. The van der Waals surface area contributed by atoms with E-state index in [9.17, 15) is 19.4 Å². The van der Waals surface area contributed by atoms with Gasteiger partial charge in [0, 0.05) is 0 Å². The molecule has 0 aromatic rings. The Morgan fingerprint density at radius 2 is 1.69 bits per heavy atom. The Bertz CT molecular complexity index is 290. The molecule has 0 radical (unpaired) electrons. The SMILES string of the molecule is CCOP(=O)(O)C(C(=O)O)(C(C)C)C(C)C. The van der Waals surface area contributed by atoms with E-state index >= 15 is 0 Å². The molecule has 0 bridgehead atoms. The van der Waals surface area contributed by atoms with Gasteiger partial charge in [-0.05, 0) is 18.8 Å². The van der Waals surface area contributed by atoms with E-state index in [1.165, 1.54) is 0 Å². The second-order valence-corrected chi connectivity index (χ2v) is 6.42. The van der Waals surface area contributed by atoms with Gasteiger partial charge in [0.25, 0.3) is 0 Å². The molecule has 0 aromatic heterocycles. The van der Waals surface area contributed by atoms with Crippen LogP contribution in [0.2, 0.25) is 0 Å². The molecule has 16 heavy (non-hydrogen) atoms. The summed E-state index contributed by atoms with van der Waals surface area (Å²) in [6.07, 6.45) is 0. The van der Waals surface area contributed by atoms with E-state index in [0.29, 0.717) is 0 Å². The molecule has 2 N–H and O–H groups in total. The van der Waals surface area contributed by atoms with Crippen LogP contribution in [0.15, 0.2) is 0 Å². The van der Waals surface area contributed by atoms with Crippen LogP contribution in [0.3, 0.4) is 0 Å². The van der Waals surface area contributed by atoms with E-state index in [0.717, 1.165) is 0 Å². The van der Waals surface area contributed by atoms with Crippen LogP contribution in [-0.2, 0) is 13.9 Å². The molecule has 0 aromatic carbocycles. The van der Waals surface area contributed by atoms with Gasteiger partial charge in [-0.2, -0.15) is 0 Å². The van der Waals surface area contributed by atoms with Crippen molar-refractivity contribution in [3.8, 4) is 0 Å². The number of aliphatic carboxylic acids is 1. The summed E-state index contributed by atoms with van der Waals surface area (Å²) in [5, 5.41) is 7.57. The zero-order valence-electron chi connectivity index (χ0n) is 10.4. The highest BCUT2D eigenvalue weighted by atomic mass is 31.2. The third kappa shape index (κ3) is 2.31. The summed E-state index contributed by atoms with van der Waals surface area (Å²) < 4.78 is 16.9. The highest BCUT2D eigenvalue weighted by Gasteiger charge is 2.59. The lowest BCUT2D eigenvalue weighted by Gasteiger charge is -2.39. The molecule has 0 heterocycles. The third-order valence-electron chi connectivity index (χ3n) is 2.87. The third-order valence-corrected chi connectivity index (χ3v) is 5.64. The molecule has 0 amide bonds. The van der Waals surface area contributed by atoms with E-state index in [-0.39, 0.29) is 6.61 Å². The number of carboxylic acid groups (broad SMARTS) is 1. The predicted molar refractivity (Wildman–Crippen MR) is 61.5 cm³/mol. The predicted octanol–water partition coefficient (Wildman–Crippen LogP) is 2.34. The van der Waals surface area contributed by atoms with Crippen molar-refractivity contribution in [2.45, 2.75) is 39.8 Å². The number of hydrogen-bond acceptors (Lipinski definition) is 3. The van der Waals surface area contributed by atoms with Crippen molar-refractivity contribution in [3.63, 3.8) is 0 Å². The summed E-state index contributed by atoms with van der Waals surface area (Å²) in [6, 6.07) is 0. The standard InChI is InChI=1S/C10H21O5P/c1-6-15-16(13,14)10(7(2)3,8(4)5)9(11)12/h7-8H,6H2,1-5H3,(H,11,12)(H,13,14). The number of rotatable bonds is 6. The topological polar surface area (TPSA) is 83.8 Å². The van der Waals surface area contributed by atoms with Crippen molar-refractivity contribution in [1.82, 2.24) is 0 Å². The van der Waals surface area contributed by atoms with Gasteiger partial charge < -0.3 is 14.5 Å². The summed E-state index contributed by atoms with van der Waals surface area (Å²) >= 11 is 0. The number of carbonyl (C=O) groups is 1. The minimum Gasteiger partial charge on any atom is -0.480 e. The largest absolute Gasteiger partial charge is 0.480 e. The highest BCUT2D eigenvalue weighted by Crippen LogP contribution is 2.62. The average molecular weight is 252 g/mol. The molecule has 0 saturated heterocycles. The monoisotopic (exact) mass is 252 g/mol. The Morgan fingerprint density at radius 1 is 1.31 bits per heavy atom. The molecule has 0 rings (SSSR count). The van der Waals surface area contributed by atoms with E-state index < -0.39 is 30.6 Å². The van der Waals surface area contributed by atoms with Crippen molar-refractivity contribution in [2.75, 3.05) is 6.61 Å². The average Bonchev–Trinajstić information content (AvgIpc) is 2.00. The fourth-order valence-corrected chi connectivity index (χ4v) is 4.33. The molecule has 5 nitrogen and oxygen atoms in total. The first-order chi connectivity index (χ1) is 7.14. The fourth-order valence-electron chi connectivity index (χ4n) is 2.22. The zero-order chi connectivity index (χ0) is 13.1. The normalized spacial score (nSPS) is 16.5. The van der Waals surface area contributed by atoms with Gasteiger partial charge in [0.2, 0.25) is 0 Å². The Morgan fingerprint density at radius 3 is 1.88 bits per heavy atom. The summed E-state index contributed by atoms with van der Waals surface area (Å²) in [6.45, 7) is 8.07. The maximum Gasteiger partial charge on any atom is 0.345 e. The van der Waals surface area contributed by atoms with Gasteiger partial charge in [-0.1, -0.05) is 27.7 Å². The van der Waals surface area contributed by atoms with Gasteiger partial charge in [-0.15, -0.1) is 0 Å². The van der Waals surface area contributed by atoms with Crippen LogP contribution in [0.5, 0.6) is 0 Å². The first kappa shape index (κ1) is 15.6. The van der Waals surface area contributed by atoms with Crippen molar-refractivity contribution >= 4 is 13.6 Å². The highest BCUT2D eigenvalue weighted by molar-refractivity contribution is 7.55. The van der Waals surface area contributed by atoms with Gasteiger partial charge >= 0.3 is 13.6 Å². The summed E-state index contributed by atoms with van der Waals surface area (Å²) in [4.78, 5) is 21.3. The van der Waals surface area contributed by atoms with Crippen molar-refractivity contribution < 1.29 is 23.9 Å². The lowest BCUT2D eigenvalue weighted by molar-refractivity contribution is -0.143. The molecule has 0 aliphatic rings. The maximum absolute atomic E-state index is 12.1. The van der Waals surface area contributed by atoms with Crippen LogP contribution in [0, 0.1) is 11.8 Å². The fraction of sp³-hybridized carbons (Fsp3) is 0.900. The Balaban J connectivity index is 5.72. The van der Waals surface area contributed by atoms with Gasteiger partial charge in [-0.25, -0.2) is 0 Å². The van der Waals surface area contributed by atoms with Crippen LogP contribution in [0.4, 0.5) is 0 Å². The van der Waals surface area contributed by atoms with Crippen LogP contribution < -0.4 is 0 Å². The molecule has 0 fully saturated rings. The van der Waals surface area contributed by atoms with E-state index in [1.807, 2.05) is 0 Å². The second kappa shape index (κ2) is 5.30. The minimum atomic E-state index is -4.20. The van der Waals surface area contributed by atoms with E-state index in [4.69, 9.17) is 4.52 Å². The molecule has 0 aliphatic carbocycles. The first-order valence-electron chi connectivity index (χ1n) is 5.35. The Kier molecular flexibility index (Phi) is 5.17. The molecule has 0 aliphatic heterocycles. The zero-order valence-corrected chi connectivity index (χ0v) is 11.3. The number of hydrogen-bond donors (Lipinski definition) is 2. The van der Waals surface area contributed by atoms with E-state index in [1.54, 1.807) is 34.6 Å². The van der Waals surface area contributed by atoms with Crippen LogP contribution >= 0.6 is 7.60 Å². The maximum atomic E-state index is 12.1.